The van der Waals surface area contributed by atoms with Crippen LogP contribution in [0.25, 0.3) is 0 Å². The van der Waals surface area contributed by atoms with Gasteiger partial charge >= 0.3 is 0 Å². The lowest BCUT2D eigenvalue weighted by molar-refractivity contribution is -0.0824. The van der Waals surface area contributed by atoms with Gasteiger partial charge in [0.25, 0.3) is 5.92 Å². The van der Waals surface area contributed by atoms with Gasteiger partial charge in [-0.05, 0) is 17.7 Å². The predicted molar refractivity (Wildman–Crippen MR) is 72.3 cm³/mol. The number of hydrogen-bond acceptors (Lipinski definition) is 1. The van der Waals surface area contributed by atoms with Crippen molar-refractivity contribution < 1.29 is 13.5 Å². The normalized spacial score (nSPS) is 13.8. The van der Waals surface area contributed by atoms with Crippen LogP contribution in [0.15, 0.2) is 28.7 Å². The fourth-order valence-electron chi connectivity index (χ4n) is 1.15. The van der Waals surface area contributed by atoms with Gasteiger partial charge in [-0.15, -0.1) is 0 Å². The molecule has 0 saturated carbocycles. The van der Waals surface area contributed by atoms with Crippen LogP contribution in [-0.4, -0.2) is 17.0 Å². The summed E-state index contributed by atoms with van der Waals surface area (Å²) in [6.07, 6.45) is -0.278. The summed E-state index contributed by atoms with van der Waals surface area (Å²) in [5.41, 5.74) is 0.918. The van der Waals surface area contributed by atoms with E-state index < -0.39 is 12.5 Å². The summed E-state index contributed by atoms with van der Waals surface area (Å²) in [4.78, 5) is 0. The molecule has 1 aromatic rings. The number of hydrogen-bond donors (Lipinski definition) is 0. The fraction of sp³-hybridized carbons (Fsp3) is 0.455. The molecule has 0 aliphatic heterocycles. The van der Waals surface area contributed by atoms with E-state index in [2.05, 4.69) is 38.5 Å². The molecule has 0 aromatic heterocycles. The Balaban J connectivity index is 2.64. The second-order valence-electron chi connectivity index (χ2n) is 3.58. The molecule has 1 rings (SSSR count). The molecule has 0 N–H and O–H groups in total. The Hall–Kier alpha value is 0.250. The van der Waals surface area contributed by atoms with E-state index in [0.717, 1.165) is 17.0 Å². The average Bonchev–Trinajstić information content (AvgIpc) is 2.20. The molecule has 90 valence electrons. The molecule has 1 aromatic carbocycles. The summed E-state index contributed by atoms with van der Waals surface area (Å²) in [5.74, 6) is -2.78. The van der Waals surface area contributed by atoms with Crippen LogP contribution in [0, 0.1) is 0 Å². The molecule has 0 bridgehead atoms. The van der Waals surface area contributed by atoms with Crippen molar-refractivity contribution in [2.24, 2.45) is 0 Å². The predicted octanol–water partition coefficient (Wildman–Crippen LogP) is 4.60. The van der Waals surface area contributed by atoms with Crippen LogP contribution >= 0.6 is 38.5 Å². The molecular weight excluding hydrogens is 393 g/mol. The third kappa shape index (κ3) is 5.05. The fourth-order valence-corrected chi connectivity index (χ4v) is 2.18. The first kappa shape index (κ1) is 14.3. The van der Waals surface area contributed by atoms with Gasteiger partial charge in [0.05, 0.1) is 6.10 Å². The monoisotopic (exact) mass is 404 g/mol. The zero-order chi connectivity index (χ0) is 12.2. The molecule has 0 amide bonds. The standard InChI is InChI=1S/C11H12BrF2IO/c1-11(13,14)7-16-10(6-15)8-2-4-9(12)5-3-8/h2-5,10H,6-7H2,1H3. The largest absolute Gasteiger partial charge is 0.366 e. The highest BCUT2D eigenvalue weighted by Crippen LogP contribution is 2.24. The van der Waals surface area contributed by atoms with Crippen molar-refractivity contribution in [2.75, 3.05) is 11.0 Å². The maximum absolute atomic E-state index is 12.7. The lowest BCUT2D eigenvalue weighted by atomic mass is 10.1. The highest BCUT2D eigenvalue weighted by Gasteiger charge is 2.24. The number of ether oxygens (including phenoxy) is 1. The van der Waals surface area contributed by atoms with E-state index in [0.29, 0.717) is 4.43 Å². The van der Waals surface area contributed by atoms with Crippen LogP contribution in [0.4, 0.5) is 8.78 Å². The molecule has 16 heavy (non-hydrogen) atoms. The van der Waals surface area contributed by atoms with Crippen molar-refractivity contribution in [1.29, 1.82) is 0 Å². The Morgan fingerprint density at radius 1 is 1.38 bits per heavy atom. The molecule has 1 unspecified atom stereocenters. The van der Waals surface area contributed by atoms with Crippen molar-refractivity contribution in [2.45, 2.75) is 19.0 Å². The molecule has 0 aliphatic carbocycles. The van der Waals surface area contributed by atoms with Crippen LogP contribution in [0.5, 0.6) is 0 Å². The van der Waals surface area contributed by atoms with Gasteiger partial charge in [-0.2, -0.15) is 0 Å². The first-order valence-corrected chi connectivity index (χ1v) is 7.05. The Bertz CT molecular complexity index is 324. The SMILES string of the molecule is CC(F)(F)COC(CI)c1ccc(Br)cc1. The van der Waals surface area contributed by atoms with Gasteiger partial charge in [0.15, 0.2) is 0 Å². The van der Waals surface area contributed by atoms with Gasteiger partial charge in [0, 0.05) is 15.8 Å². The van der Waals surface area contributed by atoms with Crippen LogP contribution in [0.3, 0.4) is 0 Å². The van der Waals surface area contributed by atoms with Crippen molar-refractivity contribution in [3.8, 4) is 0 Å². The van der Waals surface area contributed by atoms with Gasteiger partial charge in [0.1, 0.15) is 6.61 Å². The van der Waals surface area contributed by atoms with Crippen molar-refractivity contribution in [3.63, 3.8) is 0 Å². The summed E-state index contributed by atoms with van der Waals surface area (Å²) in [7, 11) is 0. The number of alkyl halides is 3. The van der Waals surface area contributed by atoms with E-state index in [-0.39, 0.29) is 6.10 Å². The van der Waals surface area contributed by atoms with E-state index in [4.69, 9.17) is 4.74 Å². The number of benzene rings is 1. The highest BCUT2D eigenvalue weighted by molar-refractivity contribution is 14.1. The minimum atomic E-state index is -2.78. The van der Waals surface area contributed by atoms with Crippen LogP contribution < -0.4 is 0 Å². The molecule has 0 saturated heterocycles. The summed E-state index contributed by atoms with van der Waals surface area (Å²) >= 11 is 5.46. The van der Waals surface area contributed by atoms with Gasteiger partial charge in [0.2, 0.25) is 0 Å². The summed E-state index contributed by atoms with van der Waals surface area (Å²) in [6, 6.07) is 7.51. The molecule has 1 nitrogen and oxygen atoms in total. The van der Waals surface area contributed by atoms with Gasteiger partial charge in [-0.1, -0.05) is 50.7 Å². The molecule has 0 spiro atoms. The lowest BCUT2D eigenvalue weighted by Crippen LogP contribution is -2.21. The van der Waals surface area contributed by atoms with Crippen molar-refractivity contribution in [3.05, 3.63) is 34.3 Å². The quantitative estimate of drug-likeness (QED) is 0.515. The highest BCUT2D eigenvalue weighted by atomic mass is 127. The smallest absolute Gasteiger partial charge is 0.268 e. The van der Waals surface area contributed by atoms with Gasteiger partial charge in [-0.25, -0.2) is 8.78 Å². The maximum atomic E-state index is 12.7. The Morgan fingerprint density at radius 2 is 1.94 bits per heavy atom. The summed E-state index contributed by atoms with van der Waals surface area (Å²) in [6.45, 7) is 0.315. The first-order chi connectivity index (χ1) is 7.42. The summed E-state index contributed by atoms with van der Waals surface area (Å²) < 4.78 is 32.1. The summed E-state index contributed by atoms with van der Waals surface area (Å²) in [5, 5.41) is 0. The second-order valence-corrected chi connectivity index (χ2v) is 5.37. The zero-order valence-corrected chi connectivity index (χ0v) is 12.5. The van der Waals surface area contributed by atoms with E-state index in [1.165, 1.54) is 0 Å². The third-order valence-corrected chi connectivity index (χ3v) is 3.25. The minimum absolute atomic E-state index is 0.278. The van der Waals surface area contributed by atoms with Crippen molar-refractivity contribution in [1.82, 2.24) is 0 Å². The molecular formula is C11H12BrF2IO. The molecule has 0 fully saturated rings. The van der Waals surface area contributed by atoms with E-state index in [1.807, 2.05) is 24.3 Å². The lowest BCUT2D eigenvalue weighted by Gasteiger charge is -2.18. The number of halogens is 4. The van der Waals surface area contributed by atoms with Crippen LogP contribution in [0.1, 0.15) is 18.6 Å². The van der Waals surface area contributed by atoms with Crippen LogP contribution in [-0.2, 0) is 4.74 Å². The Kier molecular flexibility index (Phi) is 5.60. The molecule has 0 heterocycles. The number of rotatable bonds is 5. The topological polar surface area (TPSA) is 9.23 Å². The molecule has 5 heteroatoms. The Labute approximate surface area is 116 Å². The molecule has 0 radical (unpaired) electrons. The second kappa shape index (κ2) is 6.26. The van der Waals surface area contributed by atoms with Gasteiger partial charge < -0.3 is 4.74 Å². The maximum Gasteiger partial charge on any atom is 0.268 e. The minimum Gasteiger partial charge on any atom is -0.366 e. The first-order valence-electron chi connectivity index (χ1n) is 4.73. The molecule has 0 aliphatic rings. The molecule has 1 atom stereocenters. The van der Waals surface area contributed by atoms with E-state index in [9.17, 15) is 8.78 Å². The van der Waals surface area contributed by atoms with Crippen molar-refractivity contribution >= 4 is 38.5 Å². The Morgan fingerprint density at radius 3 is 2.38 bits per heavy atom. The van der Waals surface area contributed by atoms with Crippen LogP contribution in [0.2, 0.25) is 0 Å². The zero-order valence-electron chi connectivity index (χ0n) is 8.72. The van der Waals surface area contributed by atoms with E-state index in [1.54, 1.807) is 0 Å². The average molecular weight is 405 g/mol. The third-order valence-electron chi connectivity index (χ3n) is 1.92. The van der Waals surface area contributed by atoms with E-state index >= 15 is 0 Å². The van der Waals surface area contributed by atoms with Gasteiger partial charge in [-0.3, -0.25) is 0 Å².